The number of H-pyrrole nitrogens is 1. The molecule has 0 saturated heterocycles. The van der Waals surface area contributed by atoms with Gasteiger partial charge in [0, 0.05) is 17.3 Å². The van der Waals surface area contributed by atoms with Crippen LogP contribution in [0.3, 0.4) is 0 Å². The maximum Gasteiger partial charge on any atom is 0.345 e. The summed E-state index contributed by atoms with van der Waals surface area (Å²) in [5.41, 5.74) is 1.64. The highest BCUT2D eigenvalue weighted by Crippen LogP contribution is 2.28. The van der Waals surface area contributed by atoms with Crippen LogP contribution >= 0.6 is 0 Å². The van der Waals surface area contributed by atoms with Crippen LogP contribution in [-0.2, 0) is 11.3 Å². The fourth-order valence-electron chi connectivity index (χ4n) is 3.63. The number of ketones is 2. The topological polar surface area (TPSA) is 75.9 Å². The van der Waals surface area contributed by atoms with Crippen molar-refractivity contribution in [3.05, 3.63) is 82.7 Å². The first-order valence-electron chi connectivity index (χ1n) is 9.14. The second-order valence-corrected chi connectivity index (χ2v) is 6.70. The SMILES string of the molecule is CC(c1ccccn1)c1[nH]c2c([n+]1CCOC(F)F)C(=O)c1ccccc1C2=O. The van der Waals surface area contributed by atoms with Gasteiger partial charge in [-0.3, -0.25) is 14.6 Å². The molecule has 2 aromatic heterocycles. The van der Waals surface area contributed by atoms with Gasteiger partial charge in [0.05, 0.1) is 18.2 Å². The molecule has 0 bridgehead atoms. The Labute approximate surface area is 165 Å². The van der Waals surface area contributed by atoms with Gasteiger partial charge in [-0.2, -0.15) is 8.78 Å². The van der Waals surface area contributed by atoms with Crippen LogP contribution in [0, 0.1) is 0 Å². The van der Waals surface area contributed by atoms with Crippen LogP contribution in [0.25, 0.3) is 0 Å². The fraction of sp³-hybridized carbons (Fsp3) is 0.238. The molecule has 4 rings (SSSR count). The van der Waals surface area contributed by atoms with Gasteiger partial charge in [-0.05, 0) is 19.1 Å². The van der Waals surface area contributed by atoms with Crippen LogP contribution in [0.4, 0.5) is 8.78 Å². The van der Waals surface area contributed by atoms with E-state index in [1.54, 1.807) is 41.1 Å². The molecule has 0 radical (unpaired) electrons. The van der Waals surface area contributed by atoms with E-state index in [1.165, 1.54) is 0 Å². The lowest BCUT2D eigenvalue weighted by Crippen LogP contribution is -2.46. The van der Waals surface area contributed by atoms with E-state index in [1.807, 2.05) is 19.1 Å². The molecule has 3 aromatic rings. The number of carbonyl (C=O) groups excluding carboxylic acids is 2. The van der Waals surface area contributed by atoms with E-state index in [9.17, 15) is 18.4 Å². The molecule has 0 fully saturated rings. The molecule has 6 nitrogen and oxygen atoms in total. The summed E-state index contributed by atoms with van der Waals surface area (Å²) < 4.78 is 30.9. The average molecular weight is 398 g/mol. The minimum absolute atomic E-state index is 0.0101. The molecular weight excluding hydrogens is 380 g/mol. The molecule has 148 valence electrons. The standard InChI is InChI=1S/C21H17F2N3O3/c1-12(15-8-4-5-9-24-15)20-25-16-17(26(20)10-11-29-21(22)23)19(28)14-7-3-2-6-13(14)18(16)27/h2-9,12,21H,10-11H2,1H3/p+1. The van der Waals surface area contributed by atoms with E-state index in [0.29, 0.717) is 22.6 Å². The predicted molar refractivity (Wildman–Crippen MR) is 98.0 cm³/mol. The predicted octanol–water partition coefficient (Wildman–Crippen LogP) is 2.86. The van der Waals surface area contributed by atoms with E-state index in [-0.39, 0.29) is 42.0 Å². The number of hydrogen-bond acceptors (Lipinski definition) is 4. The number of ether oxygens (including phenoxy) is 1. The molecule has 1 aliphatic carbocycles. The normalized spacial score (nSPS) is 14.1. The van der Waals surface area contributed by atoms with Crippen LogP contribution in [-0.4, -0.2) is 34.8 Å². The highest BCUT2D eigenvalue weighted by molar-refractivity contribution is 6.26. The summed E-state index contributed by atoms with van der Waals surface area (Å²) in [4.78, 5) is 33.5. The molecule has 0 aliphatic heterocycles. The Morgan fingerprint density at radius 1 is 1.07 bits per heavy atom. The maximum absolute atomic E-state index is 13.1. The summed E-state index contributed by atoms with van der Waals surface area (Å²) in [6.45, 7) is -1.37. The van der Waals surface area contributed by atoms with E-state index in [4.69, 9.17) is 0 Å². The van der Waals surface area contributed by atoms with Crippen LogP contribution < -0.4 is 4.57 Å². The number of hydrogen-bond donors (Lipinski definition) is 1. The third-order valence-corrected chi connectivity index (χ3v) is 5.01. The Bertz CT molecular complexity index is 1080. The van der Waals surface area contributed by atoms with Crippen molar-refractivity contribution in [1.82, 2.24) is 9.97 Å². The number of alkyl halides is 2. The number of aromatic nitrogens is 3. The summed E-state index contributed by atoms with van der Waals surface area (Å²) in [5.74, 6) is -0.417. The van der Waals surface area contributed by atoms with Crippen LogP contribution in [0.1, 0.15) is 56.5 Å². The highest BCUT2D eigenvalue weighted by atomic mass is 19.3. The second kappa shape index (κ2) is 7.63. The summed E-state index contributed by atoms with van der Waals surface area (Å²) in [6, 6.07) is 12.0. The number of carbonyl (C=O) groups is 2. The third-order valence-electron chi connectivity index (χ3n) is 5.01. The Morgan fingerprint density at radius 2 is 1.76 bits per heavy atom. The van der Waals surface area contributed by atoms with Gasteiger partial charge >= 0.3 is 6.61 Å². The van der Waals surface area contributed by atoms with Crippen LogP contribution in [0.2, 0.25) is 0 Å². The lowest BCUT2D eigenvalue weighted by atomic mass is 9.90. The van der Waals surface area contributed by atoms with Crippen molar-refractivity contribution in [3.63, 3.8) is 0 Å². The molecule has 1 atom stereocenters. The van der Waals surface area contributed by atoms with Crippen molar-refractivity contribution in [2.75, 3.05) is 6.61 Å². The smallest absolute Gasteiger partial charge is 0.319 e. The number of rotatable bonds is 6. The first kappa shape index (κ1) is 19.1. The summed E-state index contributed by atoms with van der Waals surface area (Å²) >= 11 is 0. The molecule has 8 heteroatoms. The molecule has 0 spiro atoms. The van der Waals surface area contributed by atoms with Gasteiger partial charge in [-0.15, -0.1) is 0 Å². The summed E-state index contributed by atoms with van der Waals surface area (Å²) in [7, 11) is 0. The molecule has 1 N–H and O–H groups in total. The van der Waals surface area contributed by atoms with Crippen molar-refractivity contribution in [2.45, 2.75) is 26.0 Å². The van der Waals surface area contributed by atoms with Crippen LogP contribution in [0.15, 0.2) is 48.7 Å². The van der Waals surface area contributed by atoms with Crippen molar-refractivity contribution in [1.29, 1.82) is 0 Å². The largest absolute Gasteiger partial charge is 0.345 e. The fourth-order valence-corrected chi connectivity index (χ4v) is 3.63. The van der Waals surface area contributed by atoms with Gasteiger partial charge in [0.1, 0.15) is 6.54 Å². The van der Waals surface area contributed by atoms with Gasteiger partial charge in [0.15, 0.2) is 0 Å². The van der Waals surface area contributed by atoms with Crippen molar-refractivity contribution >= 4 is 11.6 Å². The zero-order valence-electron chi connectivity index (χ0n) is 15.6. The van der Waals surface area contributed by atoms with Gasteiger partial charge in [0.25, 0.3) is 5.82 Å². The van der Waals surface area contributed by atoms with Crippen molar-refractivity contribution in [2.24, 2.45) is 0 Å². The quantitative estimate of drug-likeness (QED) is 0.507. The monoisotopic (exact) mass is 398 g/mol. The molecule has 1 unspecified atom stereocenters. The summed E-state index contributed by atoms with van der Waals surface area (Å²) in [6.07, 6.45) is 1.64. The molecule has 29 heavy (non-hydrogen) atoms. The van der Waals surface area contributed by atoms with Gasteiger partial charge in [-0.1, -0.05) is 30.3 Å². The molecule has 0 amide bonds. The Hall–Kier alpha value is -3.26. The highest BCUT2D eigenvalue weighted by Gasteiger charge is 2.42. The minimum Gasteiger partial charge on any atom is -0.319 e. The average Bonchev–Trinajstić information content (AvgIpc) is 3.12. The number of nitrogens with one attached hydrogen (secondary N) is 1. The number of benzene rings is 1. The number of nitrogens with zero attached hydrogens (tertiary/aromatic N) is 2. The van der Waals surface area contributed by atoms with Crippen molar-refractivity contribution < 1.29 is 27.7 Å². The lowest BCUT2D eigenvalue weighted by molar-refractivity contribution is -0.707. The lowest BCUT2D eigenvalue weighted by Gasteiger charge is -2.13. The molecule has 1 aliphatic rings. The van der Waals surface area contributed by atoms with E-state index in [2.05, 4.69) is 14.7 Å². The Balaban J connectivity index is 1.84. The summed E-state index contributed by atoms with van der Waals surface area (Å²) in [5, 5.41) is 0. The third kappa shape index (κ3) is 3.36. The zero-order valence-corrected chi connectivity index (χ0v) is 15.6. The zero-order chi connectivity index (χ0) is 20.5. The second-order valence-electron chi connectivity index (χ2n) is 6.70. The molecule has 0 saturated carbocycles. The maximum atomic E-state index is 13.1. The molecule has 2 heterocycles. The van der Waals surface area contributed by atoms with E-state index >= 15 is 0 Å². The molecule has 1 aromatic carbocycles. The van der Waals surface area contributed by atoms with Gasteiger partial charge in [-0.25, -0.2) is 9.55 Å². The number of pyridine rings is 1. The van der Waals surface area contributed by atoms with E-state index < -0.39 is 6.61 Å². The Kier molecular flexibility index (Phi) is 5.02. The molecular formula is C21H18F2N3O3+. The first-order chi connectivity index (χ1) is 14.0. The van der Waals surface area contributed by atoms with Crippen LogP contribution in [0.5, 0.6) is 0 Å². The minimum atomic E-state index is -2.92. The van der Waals surface area contributed by atoms with Gasteiger partial charge in [0.2, 0.25) is 23.0 Å². The Morgan fingerprint density at radius 3 is 2.41 bits per heavy atom. The number of aromatic amines is 1. The van der Waals surface area contributed by atoms with Gasteiger partial charge < -0.3 is 4.74 Å². The van der Waals surface area contributed by atoms with Crippen molar-refractivity contribution in [3.8, 4) is 0 Å². The number of halogens is 2. The first-order valence-corrected chi connectivity index (χ1v) is 9.14. The van der Waals surface area contributed by atoms with E-state index in [0.717, 1.165) is 0 Å². The number of fused-ring (bicyclic) bond motifs is 2. The number of imidazole rings is 1.